The van der Waals surface area contributed by atoms with Crippen LogP contribution in [0.1, 0.15) is 36.5 Å². The molecule has 3 rings (SSSR count). The second-order valence-electron chi connectivity index (χ2n) is 6.77. The Kier molecular flexibility index (Phi) is 7.05. The average Bonchev–Trinajstić information content (AvgIpc) is 3.20. The second kappa shape index (κ2) is 9.93. The molecule has 2 aromatic rings. The summed E-state index contributed by atoms with van der Waals surface area (Å²) in [5, 5.41) is 3.00. The third-order valence-electron chi connectivity index (χ3n) is 4.80. The lowest BCUT2D eigenvalue weighted by Gasteiger charge is -2.17. The predicted octanol–water partition coefficient (Wildman–Crippen LogP) is 4.01. The van der Waals surface area contributed by atoms with Gasteiger partial charge in [-0.25, -0.2) is 0 Å². The molecule has 0 atom stereocenters. The first-order valence-electron chi connectivity index (χ1n) is 9.73. The highest BCUT2D eigenvalue weighted by Gasteiger charge is 2.13. The van der Waals surface area contributed by atoms with Gasteiger partial charge in [0.25, 0.3) is 0 Å². The van der Waals surface area contributed by atoms with Crippen molar-refractivity contribution in [3.05, 3.63) is 71.3 Å². The van der Waals surface area contributed by atoms with Crippen LogP contribution in [-0.2, 0) is 17.9 Å². The van der Waals surface area contributed by atoms with Crippen molar-refractivity contribution in [2.24, 2.45) is 0 Å². The monoisotopic (exact) mass is 364 g/mol. The van der Waals surface area contributed by atoms with Crippen molar-refractivity contribution >= 4 is 12.0 Å². The zero-order chi connectivity index (χ0) is 18.9. The van der Waals surface area contributed by atoms with Crippen LogP contribution in [0.4, 0.5) is 0 Å². The normalized spacial score (nSPS) is 14.6. The molecule has 1 aliphatic heterocycles. The van der Waals surface area contributed by atoms with Gasteiger partial charge in [0.15, 0.2) is 0 Å². The van der Waals surface area contributed by atoms with Gasteiger partial charge in [0.1, 0.15) is 5.75 Å². The summed E-state index contributed by atoms with van der Waals surface area (Å²) in [6, 6.07) is 16.1. The fourth-order valence-corrected chi connectivity index (χ4v) is 3.38. The van der Waals surface area contributed by atoms with Gasteiger partial charge in [-0.3, -0.25) is 9.69 Å². The lowest BCUT2D eigenvalue weighted by atomic mass is 10.1. The fourth-order valence-electron chi connectivity index (χ4n) is 3.38. The van der Waals surface area contributed by atoms with Crippen LogP contribution >= 0.6 is 0 Å². The lowest BCUT2D eigenvalue weighted by molar-refractivity contribution is -0.116. The third-order valence-corrected chi connectivity index (χ3v) is 4.80. The highest BCUT2D eigenvalue weighted by Crippen LogP contribution is 2.19. The van der Waals surface area contributed by atoms with Crippen molar-refractivity contribution in [1.82, 2.24) is 10.2 Å². The van der Waals surface area contributed by atoms with E-state index in [0.29, 0.717) is 13.2 Å². The number of benzene rings is 2. The van der Waals surface area contributed by atoms with E-state index in [1.54, 1.807) is 12.2 Å². The van der Waals surface area contributed by atoms with Crippen molar-refractivity contribution in [3.8, 4) is 5.75 Å². The molecule has 0 aromatic heterocycles. The summed E-state index contributed by atoms with van der Waals surface area (Å²) in [6.45, 7) is 6.40. The van der Waals surface area contributed by atoms with E-state index in [1.165, 1.54) is 37.1 Å². The molecule has 1 amide bonds. The quantitative estimate of drug-likeness (QED) is 0.720. The number of carbonyl (C=O) groups excluding carboxylic acids is 1. The van der Waals surface area contributed by atoms with E-state index in [9.17, 15) is 4.79 Å². The van der Waals surface area contributed by atoms with E-state index >= 15 is 0 Å². The minimum absolute atomic E-state index is 0.0997. The van der Waals surface area contributed by atoms with Crippen molar-refractivity contribution < 1.29 is 9.53 Å². The Morgan fingerprint density at radius 3 is 2.56 bits per heavy atom. The number of nitrogens with one attached hydrogen (secondary N) is 1. The number of ether oxygens (including phenoxy) is 1. The second-order valence-corrected chi connectivity index (χ2v) is 6.77. The summed E-state index contributed by atoms with van der Waals surface area (Å²) in [5.74, 6) is 0.692. The van der Waals surface area contributed by atoms with E-state index in [0.717, 1.165) is 17.9 Å². The predicted molar refractivity (Wildman–Crippen MR) is 109 cm³/mol. The first kappa shape index (κ1) is 19.2. The maximum Gasteiger partial charge on any atom is 0.244 e. The van der Waals surface area contributed by atoms with E-state index in [-0.39, 0.29) is 5.91 Å². The number of hydrogen-bond acceptors (Lipinski definition) is 3. The van der Waals surface area contributed by atoms with Crippen molar-refractivity contribution in [2.75, 3.05) is 19.7 Å². The number of likely N-dealkylation sites (tertiary alicyclic amines) is 1. The number of amides is 1. The maximum atomic E-state index is 12.3. The number of para-hydroxylation sites is 1. The van der Waals surface area contributed by atoms with Gasteiger partial charge in [0, 0.05) is 24.7 Å². The van der Waals surface area contributed by atoms with Crippen LogP contribution in [0.5, 0.6) is 5.75 Å². The van der Waals surface area contributed by atoms with Crippen LogP contribution < -0.4 is 10.1 Å². The van der Waals surface area contributed by atoms with Crippen LogP contribution in [0.15, 0.2) is 54.6 Å². The number of hydrogen-bond donors (Lipinski definition) is 1. The summed E-state index contributed by atoms with van der Waals surface area (Å²) in [5.41, 5.74) is 3.38. The zero-order valence-corrected chi connectivity index (χ0v) is 16.0. The molecule has 1 N–H and O–H groups in total. The van der Waals surface area contributed by atoms with Crippen LogP contribution in [0.2, 0.25) is 0 Å². The molecule has 1 aliphatic rings. The Morgan fingerprint density at radius 1 is 1.07 bits per heavy atom. The summed E-state index contributed by atoms with van der Waals surface area (Å²) in [4.78, 5) is 14.7. The number of nitrogens with zero attached hydrogens (tertiary/aromatic N) is 1. The van der Waals surface area contributed by atoms with Gasteiger partial charge >= 0.3 is 0 Å². The minimum Gasteiger partial charge on any atom is -0.493 e. The number of rotatable bonds is 8. The fraction of sp³-hybridized carbons (Fsp3) is 0.348. The van der Waals surface area contributed by atoms with E-state index in [1.807, 2.05) is 37.3 Å². The molecule has 4 nitrogen and oxygen atoms in total. The Balaban J connectivity index is 1.58. The van der Waals surface area contributed by atoms with Gasteiger partial charge in [-0.2, -0.15) is 0 Å². The summed E-state index contributed by atoms with van der Waals surface area (Å²) in [7, 11) is 0. The average molecular weight is 364 g/mol. The third kappa shape index (κ3) is 5.69. The van der Waals surface area contributed by atoms with Gasteiger partial charge in [-0.05, 0) is 56.1 Å². The van der Waals surface area contributed by atoms with Gasteiger partial charge in [0.05, 0.1) is 6.61 Å². The molecule has 1 fully saturated rings. The smallest absolute Gasteiger partial charge is 0.244 e. The molecule has 4 heteroatoms. The van der Waals surface area contributed by atoms with Gasteiger partial charge in [-0.1, -0.05) is 42.5 Å². The van der Waals surface area contributed by atoms with Crippen LogP contribution in [0.3, 0.4) is 0 Å². The summed E-state index contributed by atoms with van der Waals surface area (Å²) < 4.78 is 5.59. The van der Waals surface area contributed by atoms with E-state index in [2.05, 4.69) is 28.4 Å². The molecule has 0 spiro atoms. The highest BCUT2D eigenvalue weighted by molar-refractivity contribution is 5.92. The zero-order valence-electron chi connectivity index (χ0n) is 16.0. The summed E-state index contributed by atoms with van der Waals surface area (Å²) >= 11 is 0. The molecule has 1 heterocycles. The Morgan fingerprint density at radius 2 is 1.78 bits per heavy atom. The van der Waals surface area contributed by atoms with Gasteiger partial charge in [0.2, 0.25) is 5.91 Å². The molecule has 142 valence electrons. The van der Waals surface area contributed by atoms with Gasteiger partial charge < -0.3 is 10.1 Å². The standard InChI is InChI=1S/C23H28N2O2/c1-2-27-22-12-6-5-9-19(22)13-14-23(26)24-17-20-10-3-4-11-21(20)18-25-15-7-8-16-25/h3-6,9-14H,2,7-8,15-18H2,1H3,(H,24,26)/b14-13+. The summed E-state index contributed by atoms with van der Waals surface area (Å²) in [6.07, 6.45) is 5.94. The maximum absolute atomic E-state index is 12.3. The van der Waals surface area contributed by atoms with Crippen LogP contribution in [0.25, 0.3) is 6.08 Å². The Hall–Kier alpha value is -2.59. The lowest BCUT2D eigenvalue weighted by Crippen LogP contribution is -2.23. The highest BCUT2D eigenvalue weighted by atomic mass is 16.5. The molecule has 0 unspecified atom stereocenters. The first-order chi connectivity index (χ1) is 13.3. The van der Waals surface area contributed by atoms with Gasteiger partial charge in [-0.15, -0.1) is 0 Å². The molecular weight excluding hydrogens is 336 g/mol. The van der Waals surface area contributed by atoms with Crippen molar-refractivity contribution in [3.63, 3.8) is 0 Å². The Bertz CT molecular complexity index is 779. The molecule has 2 aromatic carbocycles. The van der Waals surface area contributed by atoms with E-state index in [4.69, 9.17) is 4.74 Å². The first-order valence-corrected chi connectivity index (χ1v) is 9.73. The minimum atomic E-state index is -0.0997. The van der Waals surface area contributed by atoms with Crippen molar-refractivity contribution in [1.29, 1.82) is 0 Å². The topological polar surface area (TPSA) is 41.6 Å². The molecule has 1 saturated heterocycles. The molecular formula is C23H28N2O2. The van der Waals surface area contributed by atoms with Crippen molar-refractivity contribution in [2.45, 2.75) is 32.9 Å². The van der Waals surface area contributed by atoms with Crippen LogP contribution in [0, 0.1) is 0 Å². The molecule has 0 bridgehead atoms. The molecule has 0 saturated carbocycles. The molecule has 27 heavy (non-hydrogen) atoms. The molecule has 0 aliphatic carbocycles. The van der Waals surface area contributed by atoms with E-state index < -0.39 is 0 Å². The largest absolute Gasteiger partial charge is 0.493 e. The number of carbonyl (C=O) groups is 1. The van der Waals surface area contributed by atoms with Crippen LogP contribution in [-0.4, -0.2) is 30.5 Å². The Labute approximate surface area is 161 Å². The SMILES string of the molecule is CCOc1ccccc1/C=C/C(=O)NCc1ccccc1CN1CCCC1. The molecule has 0 radical (unpaired) electrons.